The highest BCUT2D eigenvalue weighted by molar-refractivity contribution is 5.38. The summed E-state index contributed by atoms with van der Waals surface area (Å²) >= 11 is 0. The summed E-state index contributed by atoms with van der Waals surface area (Å²) in [6, 6.07) is 17.5. The van der Waals surface area contributed by atoms with Gasteiger partial charge in [-0.1, -0.05) is 62.5 Å². The third-order valence-corrected chi connectivity index (χ3v) is 6.04. The lowest BCUT2D eigenvalue weighted by atomic mass is 9.78. The summed E-state index contributed by atoms with van der Waals surface area (Å²) < 4.78 is 5.70. The molecule has 158 valence electrons. The molecule has 0 aromatic heterocycles. The molecule has 1 nitrogen and oxygen atoms in total. The van der Waals surface area contributed by atoms with Crippen LogP contribution in [0.25, 0.3) is 0 Å². The number of hydrogen-bond donors (Lipinski definition) is 0. The Morgan fingerprint density at radius 1 is 0.900 bits per heavy atom. The zero-order valence-electron chi connectivity index (χ0n) is 18.7. The SMILES string of the molecule is CCCCc1ccc(C#C/C=C/C2CCC(c3ccc(OCCC)cc3)CC2)cc1. The molecule has 0 N–H and O–H groups in total. The maximum atomic E-state index is 5.70. The quantitative estimate of drug-likeness (QED) is 0.412. The van der Waals surface area contributed by atoms with E-state index in [2.05, 4.69) is 86.4 Å². The molecule has 0 spiro atoms. The molecule has 0 amide bonds. The average Bonchev–Trinajstić information content (AvgIpc) is 2.81. The molecule has 0 aliphatic heterocycles. The molecule has 0 radical (unpaired) electrons. The molecule has 0 atom stereocenters. The standard InChI is InChI=1S/C29H36O/c1-3-5-8-24-11-13-25(14-12-24)9-6-7-10-26-15-17-27(18-16-26)28-19-21-29(22-20-28)30-23-4-2/h7,10-14,19-22,26-27H,3-5,8,15-18,23H2,1-2H3/b10-7+. The molecule has 30 heavy (non-hydrogen) atoms. The predicted octanol–water partition coefficient (Wildman–Crippen LogP) is 7.70. The summed E-state index contributed by atoms with van der Waals surface area (Å²) in [5.41, 5.74) is 3.98. The van der Waals surface area contributed by atoms with E-state index in [-0.39, 0.29) is 0 Å². The van der Waals surface area contributed by atoms with Crippen molar-refractivity contribution in [1.82, 2.24) is 0 Å². The van der Waals surface area contributed by atoms with E-state index in [1.54, 1.807) is 0 Å². The molecule has 0 saturated heterocycles. The molecule has 2 aromatic rings. The van der Waals surface area contributed by atoms with Crippen molar-refractivity contribution >= 4 is 0 Å². The fourth-order valence-corrected chi connectivity index (χ4v) is 4.15. The zero-order chi connectivity index (χ0) is 21.0. The van der Waals surface area contributed by atoms with Crippen LogP contribution in [0.2, 0.25) is 0 Å². The average molecular weight is 401 g/mol. The van der Waals surface area contributed by atoms with Gasteiger partial charge < -0.3 is 4.74 Å². The second-order valence-corrected chi connectivity index (χ2v) is 8.46. The van der Waals surface area contributed by atoms with Crippen LogP contribution in [0.4, 0.5) is 0 Å². The monoisotopic (exact) mass is 400 g/mol. The highest BCUT2D eigenvalue weighted by Crippen LogP contribution is 2.36. The van der Waals surface area contributed by atoms with Gasteiger partial charge in [0, 0.05) is 5.56 Å². The number of allylic oxidation sites excluding steroid dienone is 2. The summed E-state index contributed by atoms with van der Waals surface area (Å²) in [5, 5.41) is 0. The van der Waals surface area contributed by atoms with E-state index in [0.29, 0.717) is 11.8 Å². The molecule has 2 aromatic carbocycles. The van der Waals surface area contributed by atoms with Crippen molar-refractivity contribution in [1.29, 1.82) is 0 Å². The number of aryl methyl sites for hydroxylation is 1. The minimum atomic E-state index is 0.666. The fourth-order valence-electron chi connectivity index (χ4n) is 4.15. The van der Waals surface area contributed by atoms with Crippen LogP contribution in [0.15, 0.2) is 60.7 Å². The van der Waals surface area contributed by atoms with Crippen molar-refractivity contribution < 1.29 is 4.74 Å². The van der Waals surface area contributed by atoms with Crippen LogP contribution in [0.1, 0.15) is 81.4 Å². The zero-order valence-corrected chi connectivity index (χ0v) is 18.7. The van der Waals surface area contributed by atoms with E-state index in [1.165, 1.54) is 56.1 Å². The number of benzene rings is 2. The molecule has 1 aliphatic carbocycles. The van der Waals surface area contributed by atoms with Crippen molar-refractivity contribution in [3.05, 3.63) is 77.4 Å². The smallest absolute Gasteiger partial charge is 0.119 e. The van der Waals surface area contributed by atoms with Gasteiger partial charge in [0.25, 0.3) is 0 Å². The van der Waals surface area contributed by atoms with Crippen molar-refractivity contribution in [3.63, 3.8) is 0 Å². The maximum absolute atomic E-state index is 5.70. The Kier molecular flexibility index (Phi) is 9.10. The van der Waals surface area contributed by atoms with Crippen LogP contribution < -0.4 is 4.74 Å². The first-order valence-electron chi connectivity index (χ1n) is 11.8. The van der Waals surface area contributed by atoms with Crippen LogP contribution in [0.3, 0.4) is 0 Å². The summed E-state index contributed by atoms with van der Waals surface area (Å²) in [4.78, 5) is 0. The predicted molar refractivity (Wildman–Crippen MR) is 128 cm³/mol. The van der Waals surface area contributed by atoms with Gasteiger partial charge in [0.1, 0.15) is 5.75 Å². The second-order valence-electron chi connectivity index (χ2n) is 8.46. The topological polar surface area (TPSA) is 9.23 Å². The number of rotatable bonds is 8. The van der Waals surface area contributed by atoms with Crippen LogP contribution in [0, 0.1) is 17.8 Å². The van der Waals surface area contributed by atoms with E-state index in [4.69, 9.17) is 4.74 Å². The Balaban J connectivity index is 1.43. The van der Waals surface area contributed by atoms with Gasteiger partial charge in [-0.05, 0) is 98.2 Å². The molecule has 0 bridgehead atoms. The molecule has 3 rings (SSSR count). The Bertz CT molecular complexity index is 825. The van der Waals surface area contributed by atoms with E-state index >= 15 is 0 Å². The minimum absolute atomic E-state index is 0.666. The fraction of sp³-hybridized carbons (Fsp3) is 0.448. The molecule has 1 heteroatoms. The molecule has 0 unspecified atom stereocenters. The Hall–Kier alpha value is -2.46. The summed E-state index contributed by atoms with van der Waals surface area (Å²) in [6.45, 7) is 5.17. The molecule has 1 saturated carbocycles. The van der Waals surface area contributed by atoms with Crippen LogP contribution >= 0.6 is 0 Å². The van der Waals surface area contributed by atoms with Gasteiger partial charge in [-0.3, -0.25) is 0 Å². The van der Waals surface area contributed by atoms with Gasteiger partial charge in [0.2, 0.25) is 0 Å². The van der Waals surface area contributed by atoms with Crippen molar-refractivity contribution in [2.24, 2.45) is 5.92 Å². The normalized spacial score (nSPS) is 18.7. The molecule has 1 aliphatic rings. The van der Waals surface area contributed by atoms with E-state index < -0.39 is 0 Å². The van der Waals surface area contributed by atoms with E-state index in [0.717, 1.165) is 24.3 Å². The van der Waals surface area contributed by atoms with Crippen LogP contribution in [-0.2, 0) is 6.42 Å². The summed E-state index contributed by atoms with van der Waals surface area (Å²) in [5.74, 6) is 8.85. The van der Waals surface area contributed by atoms with Crippen molar-refractivity contribution in [3.8, 4) is 17.6 Å². The van der Waals surface area contributed by atoms with Crippen LogP contribution in [0.5, 0.6) is 5.75 Å². The lowest BCUT2D eigenvalue weighted by Gasteiger charge is -2.27. The van der Waals surface area contributed by atoms with Crippen LogP contribution in [-0.4, -0.2) is 6.61 Å². The number of hydrogen-bond acceptors (Lipinski definition) is 1. The number of unbranched alkanes of at least 4 members (excludes halogenated alkanes) is 1. The molecular formula is C29H36O. The maximum Gasteiger partial charge on any atom is 0.119 e. The van der Waals surface area contributed by atoms with Gasteiger partial charge in [-0.15, -0.1) is 0 Å². The largest absolute Gasteiger partial charge is 0.494 e. The first-order valence-corrected chi connectivity index (χ1v) is 11.8. The lowest BCUT2D eigenvalue weighted by Crippen LogP contribution is -2.11. The highest BCUT2D eigenvalue weighted by Gasteiger charge is 2.20. The summed E-state index contributed by atoms with van der Waals surface area (Å²) in [7, 11) is 0. The van der Waals surface area contributed by atoms with E-state index in [1.807, 2.05) is 0 Å². The molecule has 0 heterocycles. The molecular weight excluding hydrogens is 364 g/mol. The second kappa shape index (κ2) is 12.3. The van der Waals surface area contributed by atoms with E-state index in [9.17, 15) is 0 Å². The third-order valence-electron chi connectivity index (χ3n) is 6.04. The first-order chi connectivity index (χ1) is 14.8. The summed E-state index contributed by atoms with van der Waals surface area (Å²) in [6.07, 6.45) is 14.1. The molecule has 1 fully saturated rings. The highest BCUT2D eigenvalue weighted by atomic mass is 16.5. The Morgan fingerprint density at radius 3 is 2.30 bits per heavy atom. The van der Waals surface area contributed by atoms with Gasteiger partial charge in [-0.25, -0.2) is 0 Å². The van der Waals surface area contributed by atoms with Gasteiger partial charge >= 0.3 is 0 Å². The first kappa shape index (κ1) is 22.2. The Morgan fingerprint density at radius 2 is 1.63 bits per heavy atom. The van der Waals surface area contributed by atoms with Crippen molar-refractivity contribution in [2.75, 3.05) is 6.61 Å². The van der Waals surface area contributed by atoms with Gasteiger partial charge in [0.15, 0.2) is 0 Å². The third kappa shape index (κ3) is 7.10. The Labute approximate surface area is 183 Å². The lowest BCUT2D eigenvalue weighted by molar-refractivity contribution is 0.317. The van der Waals surface area contributed by atoms with Gasteiger partial charge in [-0.2, -0.15) is 0 Å². The minimum Gasteiger partial charge on any atom is -0.494 e. The number of ether oxygens (including phenoxy) is 1. The van der Waals surface area contributed by atoms with Crippen molar-refractivity contribution in [2.45, 2.75) is 71.1 Å². The van der Waals surface area contributed by atoms with Gasteiger partial charge in [0.05, 0.1) is 6.61 Å².